The summed E-state index contributed by atoms with van der Waals surface area (Å²) in [5.41, 5.74) is -2.18. The van der Waals surface area contributed by atoms with Crippen LogP contribution >= 0.6 is 23.2 Å². The number of aliphatic imine (C=N–C) groups is 1. The number of carbonyl (C=O) groups is 1. The Balaban J connectivity index is 1.68. The molecule has 0 radical (unpaired) electrons. The van der Waals surface area contributed by atoms with Crippen molar-refractivity contribution in [3.63, 3.8) is 0 Å². The van der Waals surface area contributed by atoms with Crippen LogP contribution in [-0.4, -0.2) is 47.6 Å². The standard InChI is InChI=1S/C18H17Cl2F4N3O/c19-13-3-1-2-12(15(13)20)16(28)25-9-11(8-17(21)5-6-17)27-7-4-14(26-10-27)18(22,23)24/h1-4,7,11H,5-6,8-10H2,(H,25,28). The van der Waals surface area contributed by atoms with E-state index < -0.39 is 29.5 Å². The van der Waals surface area contributed by atoms with E-state index in [9.17, 15) is 22.4 Å². The Hall–Kier alpha value is -1.80. The van der Waals surface area contributed by atoms with Gasteiger partial charge in [0, 0.05) is 19.2 Å². The minimum absolute atomic E-state index is 0.0224. The molecule has 1 unspecified atom stereocenters. The fraction of sp³-hybridized carbons (Fsp3) is 0.444. The summed E-state index contributed by atoms with van der Waals surface area (Å²) in [4.78, 5) is 17.4. The molecule has 0 saturated heterocycles. The third-order valence-corrected chi connectivity index (χ3v) is 5.50. The van der Waals surface area contributed by atoms with Gasteiger partial charge in [0.2, 0.25) is 0 Å². The zero-order valence-electron chi connectivity index (χ0n) is 14.6. The van der Waals surface area contributed by atoms with E-state index in [1.54, 1.807) is 6.07 Å². The number of hydrogen-bond acceptors (Lipinski definition) is 3. The van der Waals surface area contributed by atoms with Gasteiger partial charge in [-0.25, -0.2) is 4.39 Å². The van der Waals surface area contributed by atoms with E-state index in [-0.39, 0.29) is 35.2 Å². The number of rotatable bonds is 6. The Morgan fingerprint density at radius 3 is 2.61 bits per heavy atom. The predicted octanol–water partition coefficient (Wildman–Crippen LogP) is 4.77. The lowest BCUT2D eigenvalue weighted by molar-refractivity contribution is -0.0584. The molecular formula is C18H17Cl2F4N3O. The van der Waals surface area contributed by atoms with Gasteiger partial charge in [-0.15, -0.1) is 0 Å². The van der Waals surface area contributed by atoms with E-state index in [0.717, 1.165) is 6.08 Å². The quantitative estimate of drug-likeness (QED) is 0.651. The second-order valence-electron chi connectivity index (χ2n) is 6.83. The molecule has 0 bridgehead atoms. The normalized spacial score (nSPS) is 19.2. The van der Waals surface area contributed by atoms with Crippen LogP contribution < -0.4 is 5.32 Å². The van der Waals surface area contributed by atoms with Crippen LogP contribution in [0.15, 0.2) is 35.5 Å². The third-order valence-electron chi connectivity index (χ3n) is 4.68. The SMILES string of the molecule is O=C(NCC(CC1(F)CC1)N1C=CC(C(F)(F)F)=NC1)c1cccc(Cl)c1Cl. The number of hydrogen-bond donors (Lipinski definition) is 1. The minimum atomic E-state index is -4.53. The summed E-state index contributed by atoms with van der Waals surface area (Å²) in [6, 6.07) is 4.06. The van der Waals surface area contributed by atoms with Gasteiger partial charge in [0.25, 0.3) is 5.91 Å². The van der Waals surface area contributed by atoms with Crippen molar-refractivity contribution in [2.45, 2.75) is 37.1 Å². The van der Waals surface area contributed by atoms with Crippen molar-refractivity contribution < 1.29 is 22.4 Å². The zero-order chi connectivity index (χ0) is 20.5. The molecule has 1 fully saturated rings. The Labute approximate surface area is 169 Å². The topological polar surface area (TPSA) is 44.7 Å². The molecule has 1 N–H and O–H groups in total. The van der Waals surface area contributed by atoms with E-state index in [0.29, 0.717) is 12.8 Å². The first-order valence-corrected chi connectivity index (χ1v) is 9.31. The molecule has 28 heavy (non-hydrogen) atoms. The van der Waals surface area contributed by atoms with Gasteiger partial charge < -0.3 is 10.2 Å². The number of nitrogens with zero attached hydrogens (tertiary/aromatic N) is 2. The number of benzene rings is 1. The number of alkyl halides is 4. The minimum Gasteiger partial charge on any atom is -0.353 e. The molecule has 1 aromatic rings. The summed E-state index contributed by atoms with van der Waals surface area (Å²) in [7, 11) is 0. The molecule has 0 aromatic heterocycles. The number of halogens is 6. The molecule has 1 atom stereocenters. The third kappa shape index (κ3) is 4.97. The summed E-state index contributed by atoms with van der Waals surface area (Å²) in [6.07, 6.45) is -1.57. The van der Waals surface area contributed by atoms with Gasteiger partial charge >= 0.3 is 6.18 Å². The Bertz CT molecular complexity index is 822. The first-order chi connectivity index (χ1) is 13.1. The number of allylic oxidation sites excluding steroid dienone is 1. The van der Waals surface area contributed by atoms with E-state index in [1.165, 1.54) is 23.2 Å². The molecule has 1 aliphatic heterocycles. The summed E-state index contributed by atoms with van der Waals surface area (Å²) in [5, 5.41) is 2.98. The van der Waals surface area contributed by atoms with E-state index >= 15 is 0 Å². The van der Waals surface area contributed by atoms with E-state index in [1.807, 2.05) is 0 Å². The predicted molar refractivity (Wildman–Crippen MR) is 99.6 cm³/mol. The van der Waals surface area contributed by atoms with Crippen LogP contribution in [0.3, 0.4) is 0 Å². The summed E-state index contributed by atoms with van der Waals surface area (Å²) in [5.74, 6) is -0.498. The van der Waals surface area contributed by atoms with Crippen molar-refractivity contribution >= 4 is 34.8 Å². The molecule has 3 rings (SSSR count). The van der Waals surface area contributed by atoms with Gasteiger partial charge in [-0.3, -0.25) is 9.79 Å². The molecule has 4 nitrogen and oxygen atoms in total. The van der Waals surface area contributed by atoms with E-state index in [2.05, 4.69) is 10.3 Å². The molecule has 2 aliphatic rings. The van der Waals surface area contributed by atoms with Crippen molar-refractivity contribution in [2.24, 2.45) is 4.99 Å². The Kier molecular flexibility index (Phi) is 5.91. The highest BCUT2D eigenvalue weighted by Gasteiger charge is 2.46. The van der Waals surface area contributed by atoms with E-state index in [4.69, 9.17) is 23.2 Å². The average Bonchev–Trinajstić information content (AvgIpc) is 3.37. The van der Waals surface area contributed by atoms with Gasteiger partial charge in [0.15, 0.2) is 0 Å². The van der Waals surface area contributed by atoms with Crippen molar-refractivity contribution in [2.75, 3.05) is 13.2 Å². The monoisotopic (exact) mass is 437 g/mol. The highest BCUT2D eigenvalue weighted by atomic mass is 35.5. The summed E-state index contributed by atoms with van der Waals surface area (Å²) < 4.78 is 52.5. The fourth-order valence-electron chi connectivity index (χ4n) is 2.90. The van der Waals surface area contributed by atoms with Crippen LogP contribution in [0.5, 0.6) is 0 Å². The number of amides is 1. The smallest absolute Gasteiger partial charge is 0.353 e. The summed E-state index contributed by atoms with van der Waals surface area (Å²) >= 11 is 11.9. The van der Waals surface area contributed by atoms with Gasteiger partial charge in [-0.1, -0.05) is 29.3 Å². The van der Waals surface area contributed by atoms with Gasteiger partial charge in [0.05, 0.1) is 21.7 Å². The summed E-state index contributed by atoms with van der Waals surface area (Å²) in [6.45, 7) is -0.242. The molecule has 10 heteroatoms. The van der Waals surface area contributed by atoms with Crippen molar-refractivity contribution in [1.82, 2.24) is 10.2 Å². The average molecular weight is 438 g/mol. The van der Waals surface area contributed by atoms with Gasteiger partial charge in [-0.05, 0) is 31.1 Å². The maximum Gasteiger partial charge on any atom is 0.433 e. The molecule has 1 saturated carbocycles. The first-order valence-electron chi connectivity index (χ1n) is 8.56. The van der Waals surface area contributed by atoms with Crippen molar-refractivity contribution in [3.8, 4) is 0 Å². The highest BCUT2D eigenvalue weighted by Crippen LogP contribution is 2.44. The Morgan fingerprint density at radius 1 is 1.32 bits per heavy atom. The molecule has 1 aliphatic carbocycles. The molecule has 1 heterocycles. The lowest BCUT2D eigenvalue weighted by Crippen LogP contribution is -2.45. The molecule has 0 spiro atoms. The number of carbonyl (C=O) groups excluding carboxylic acids is 1. The second-order valence-corrected chi connectivity index (χ2v) is 7.62. The lowest BCUT2D eigenvalue weighted by Gasteiger charge is -2.32. The van der Waals surface area contributed by atoms with Crippen LogP contribution in [0.2, 0.25) is 10.0 Å². The fourth-order valence-corrected chi connectivity index (χ4v) is 3.29. The first kappa shape index (κ1) is 20.9. The molecule has 152 valence electrons. The Morgan fingerprint density at radius 2 is 2.04 bits per heavy atom. The second kappa shape index (κ2) is 7.91. The maximum absolute atomic E-state index is 14.3. The van der Waals surface area contributed by atoms with Crippen LogP contribution in [0.25, 0.3) is 0 Å². The van der Waals surface area contributed by atoms with Crippen LogP contribution in [0.1, 0.15) is 29.6 Å². The van der Waals surface area contributed by atoms with Crippen LogP contribution in [0.4, 0.5) is 17.6 Å². The van der Waals surface area contributed by atoms with Gasteiger partial charge in [-0.2, -0.15) is 13.2 Å². The molecule has 1 aromatic carbocycles. The van der Waals surface area contributed by atoms with Crippen molar-refractivity contribution in [3.05, 3.63) is 46.1 Å². The molecular weight excluding hydrogens is 421 g/mol. The van der Waals surface area contributed by atoms with Gasteiger partial charge in [0.1, 0.15) is 18.0 Å². The zero-order valence-corrected chi connectivity index (χ0v) is 16.1. The maximum atomic E-state index is 14.3. The lowest BCUT2D eigenvalue weighted by atomic mass is 10.1. The molecule has 1 amide bonds. The highest BCUT2D eigenvalue weighted by molar-refractivity contribution is 6.43. The van der Waals surface area contributed by atoms with Crippen molar-refractivity contribution in [1.29, 1.82) is 0 Å². The number of nitrogens with one attached hydrogen (secondary N) is 1. The van der Waals surface area contributed by atoms with Crippen LogP contribution in [-0.2, 0) is 0 Å². The largest absolute Gasteiger partial charge is 0.433 e. The van der Waals surface area contributed by atoms with Crippen LogP contribution in [0, 0.1) is 0 Å².